The van der Waals surface area contributed by atoms with E-state index in [4.69, 9.17) is 10.00 Å². The smallest absolute Gasteiger partial charge is 0.163 e. The van der Waals surface area contributed by atoms with Crippen molar-refractivity contribution in [2.45, 2.75) is 25.2 Å². The fourth-order valence-electron chi connectivity index (χ4n) is 1.50. The van der Waals surface area contributed by atoms with Crippen LogP contribution in [0.25, 0.3) is 0 Å². The number of hydrogen-bond acceptors (Lipinski definition) is 3. The Balaban J connectivity index is 2.22. The lowest BCUT2D eigenvalue weighted by molar-refractivity contribution is 0.215. The van der Waals surface area contributed by atoms with Crippen LogP contribution in [0.3, 0.4) is 0 Å². The number of benzene rings is 1. The van der Waals surface area contributed by atoms with E-state index < -0.39 is 0 Å². The molecule has 1 aliphatic rings. The lowest BCUT2D eigenvalue weighted by Crippen LogP contribution is -2.16. The molecule has 0 aromatic heterocycles. The summed E-state index contributed by atoms with van der Waals surface area (Å²) < 4.78 is 5.90. The topological polar surface area (TPSA) is 33.0 Å². The number of ether oxygens (including phenoxy) is 1. The van der Waals surface area contributed by atoms with Crippen molar-refractivity contribution in [2.75, 3.05) is 5.75 Å². The van der Waals surface area contributed by atoms with Crippen molar-refractivity contribution in [3.63, 3.8) is 0 Å². The Morgan fingerprint density at radius 2 is 2.27 bits per heavy atom. The first kappa shape index (κ1) is 10.4. The molecule has 1 atom stereocenters. The van der Waals surface area contributed by atoms with Crippen LogP contribution in [0, 0.1) is 18.3 Å². The highest BCUT2D eigenvalue weighted by atomic mass is 32.2. The van der Waals surface area contributed by atoms with Gasteiger partial charge >= 0.3 is 0 Å². The molecule has 1 aliphatic heterocycles. The highest BCUT2D eigenvalue weighted by Gasteiger charge is 2.45. The van der Waals surface area contributed by atoms with Gasteiger partial charge in [-0.25, -0.2) is 0 Å². The molecule has 1 heterocycles. The van der Waals surface area contributed by atoms with Gasteiger partial charge < -0.3 is 4.74 Å². The minimum absolute atomic E-state index is 0.0134. The van der Waals surface area contributed by atoms with Crippen molar-refractivity contribution in [1.29, 1.82) is 5.26 Å². The van der Waals surface area contributed by atoms with Crippen molar-refractivity contribution in [1.82, 2.24) is 0 Å². The van der Waals surface area contributed by atoms with Gasteiger partial charge in [-0.1, -0.05) is 6.92 Å². The third kappa shape index (κ3) is 2.27. The van der Waals surface area contributed by atoms with Crippen LogP contribution in [0.1, 0.15) is 24.5 Å². The van der Waals surface area contributed by atoms with E-state index in [2.05, 4.69) is 13.0 Å². The zero-order valence-corrected chi connectivity index (χ0v) is 9.73. The highest BCUT2D eigenvalue weighted by molar-refractivity contribution is 8.07. The fourth-order valence-corrected chi connectivity index (χ4v) is 2.29. The molecule has 1 saturated heterocycles. The van der Waals surface area contributed by atoms with Gasteiger partial charge in [-0.3, -0.25) is 0 Å². The largest absolute Gasteiger partial charge is 0.476 e. The molecular formula is C12H13NOS. The number of aryl methyl sites for hydroxylation is 1. The predicted molar refractivity (Wildman–Crippen MR) is 62.0 cm³/mol. The van der Waals surface area contributed by atoms with Gasteiger partial charge in [0.25, 0.3) is 0 Å². The maximum Gasteiger partial charge on any atom is 0.163 e. The summed E-state index contributed by atoms with van der Waals surface area (Å²) in [7, 11) is 0. The van der Waals surface area contributed by atoms with Gasteiger partial charge in [-0.05, 0) is 37.1 Å². The van der Waals surface area contributed by atoms with Crippen LogP contribution in [0.2, 0.25) is 0 Å². The second kappa shape index (κ2) is 3.79. The number of nitrogens with zero attached hydrogens (tertiary/aromatic N) is 1. The summed E-state index contributed by atoms with van der Waals surface area (Å²) >= 11 is 1.82. The summed E-state index contributed by atoms with van der Waals surface area (Å²) in [6, 6.07) is 7.80. The van der Waals surface area contributed by atoms with Crippen molar-refractivity contribution in [2.24, 2.45) is 0 Å². The molecule has 0 spiro atoms. The number of thioether (sulfide) groups is 1. The average Bonchev–Trinajstić information content (AvgIpc) is 2.97. The van der Waals surface area contributed by atoms with Crippen LogP contribution in [-0.4, -0.2) is 10.7 Å². The Bertz CT molecular complexity index is 418. The Morgan fingerprint density at radius 1 is 1.53 bits per heavy atom. The zero-order valence-electron chi connectivity index (χ0n) is 8.91. The van der Waals surface area contributed by atoms with Crippen LogP contribution in [-0.2, 0) is 0 Å². The van der Waals surface area contributed by atoms with Gasteiger partial charge in [0, 0.05) is 5.75 Å². The van der Waals surface area contributed by atoms with Gasteiger partial charge in [0.1, 0.15) is 5.75 Å². The van der Waals surface area contributed by atoms with Crippen LogP contribution >= 0.6 is 11.8 Å². The molecule has 0 aliphatic carbocycles. The van der Waals surface area contributed by atoms with Crippen molar-refractivity contribution in [3.8, 4) is 11.8 Å². The molecule has 0 amide bonds. The molecule has 1 aromatic carbocycles. The van der Waals surface area contributed by atoms with E-state index in [1.807, 2.05) is 36.9 Å². The molecule has 1 fully saturated rings. The maximum atomic E-state index is 8.85. The Morgan fingerprint density at radius 3 is 2.80 bits per heavy atom. The minimum Gasteiger partial charge on any atom is -0.476 e. The van der Waals surface area contributed by atoms with Crippen molar-refractivity contribution >= 4 is 11.8 Å². The molecule has 2 nitrogen and oxygen atoms in total. The van der Waals surface area contributed by atoms with Crippen LogP contribution in [0.15, 0.2) is 18.2 Å². The summed E-state index contributed by atoms with van der Waals surface area (Å²) in [5.41, 5.74) is 1.74. The standard InChI is InChI=1S/C12H13NOS/c1-3-12(8-15-12)14-11-5-9(2)4-10(6-11)7-13/h4-6H,3,8H2,1-2H3. The highest BCUT2D eigenvalue weighted by Crippen LogP contribution is 2.48. The molecule has 3 heteroatoms. The quantitative estimate of drug-likeness (QED) is 0.732. The Kier molecular flexibility index (Phi) is 2.62. The first-order chi connectivity index (χ1) is 7.17. The van der Waals surface area contributed by atoms with E-state index in [-0.39, 0.29) is 4.93 Å². The molecule has 0 radical (unpaired) electrons. The molecule has 0 bridgehead atoms. The van der Waals surface area contributed by atoms with Gasteiger partial charge in [0.15, 0.2) is 4.93 Å². The fraction of sp³-hybridized carbons (Fsp3) is 0.417. The van der Waals surface area contributed by atoms with Gasteiger partial charge in [0.05, 0.1) is 11.6 Å². The normalized spacial score (nSPS) is 23.3. The van der Waals surface area contributed by atoms with Crippen molar-refractivity contribution in [3.05, 3.63) is 29.3 Å². The summed E-state index contributed by atoms with van der Waals surface area (Å²) in [5.74, 6) is 1.87. The number of hydrogen-bond donors (Lipinski definition) is 0. The van der Waals surface area contributed by atoms with E-state index in [1.54, 1.807) is 0 Å². The van der Waals surface area contributed by atoms with E-state index in [9.17, 15) is 0 Å². The second-order valence-electron chi connectivity index (χ2n) is 3.80. The summed E-state index contributed by atoms with van der Waals surface area (Å²) in [6.45, 7) is 4.10. The van der Waals surface area contributed by atoms with Crippen molar-refractivity contribution < 1.29 is 4.74 Å². The molecule has 0 N–H and O–H groups in total. The zero-order chi connectivity index (χ0) is 10.9. The van der Waals surface area contributed by atoms with E-state index in [1.165, 1.54) is 0 Å². The minimum atomic E-state index is -0.0134. The first-order valence-corrected chi connectivity index (χ1v) is 6.01. The van der Waals surface area contributed by atoms with E-state index in [0.29, 0.717) is 5.56 Å². The molecule has 15 heavy (non-hydrogen) atoms. The third-order valence-corrected chi connectivity index (χ3v) is 3.79. The Hall–Kier alpha value is -1.14. The summed E-state index contributed by atoms with van der Waals surface area (Å²) in [5, 5.41) is 8.85. The molecular weight excluding hydrogens is 206 g/mol. The predicted octanol–water partition coefficient (Wildman–Crippen LogP) is 3.10. The van der Waals surface area contributed by atoms with Gasteiger partial charge in [-0.15, -0.1) is 11.8 Å². The molecule has 1 aromatic rings. The summed E-state index contributed by atoms with van der Waals surface area (Å²) in [6.07, 6.45) is 1.01. The molecule has 2 rings (SSSR count). The maximum absolute atomic E-state index is 8.85. The first-order valence-electron chi connectivity index (χ1n) is 5.02. The monoisotopic (exact) mass is 219 g/mol. The second-order valence-corrected chi connectivity index (χ2v) is 5.12. The lowest BCUT2D eigenvalue weighted by atomic mass is 10.1. The average molecular weight is 219 g/mol. The number of nitriles is 1. The molecule has 1 unspecified atom stereocenters. The lowest BCUT2D eigenvalue weighted by Gasteiger charge is -2.14. The number of rotatable bonds is 3. The van der Waals surface area contributed by atoms with Gasteiger partial charge in [0.2, 0.25) is 0 Å². The van der Waals surface area contributed by atoms with Gasteiger partial charge in [-0.2, -0.15) is 5.26 Å². The summed E-state index contributed by atoms with van der Waals surface area (Å²) in [4.78, 5) is -0.0134. The van der Waals surface area contributed by atoms with Crippen LogP contribution < -0.4 is 4.74 Å². The third-order valence-electron chi connectivity index (χ3n) is 2.49. The molecule has 0 saturated carbocycles. The van der Waals surface area contributed by atoms with E-state index >= 15 is 0 Å². The Labute approximate surface area is 94.2 Å². The van der Waals surface area contributed by atoms with Crippen LogP contribution in [0.4, 0.5) is 0 Å². The van der Waals surface area contributed by atoms with E-state index in [0.717, 1.165) is 23.5 Å². The molecule has 78 valence electrons. The SMILES string of the molecule is CCC1(Oc2cc(C)cc(C#N)c2)CS1. The van der Waals surface area contributed by atoms with Crippen LogP contribution in [0.5, 0.6) is 5.75 Å².